The second kappa shape index (κ2) is 7.46. The molecule has 0 amide bonds. The summed E-state index contributed by atoms with van der Waals surface area (Å²) in [6.45, 7) is 0. The van der Waals surface area contributed by atoms with E-state index >= 15 is 0 Å². The molecule has 0 unspecified atom stereocenters. The van der Waals surface area contributed by atoms with Crippen LogP contribution < -0.4 is 0 Å². The molecule has 1 heterocycles. The number of nitrogens with zero attached hydrogens (tertiary/aromatic N) is 1. The summed E-state index contributed by atoms with van der Waals surface area (Å²) in [4.78, 5) is 37.7. The standard InChI is InChI=1S/C13H19NO6S/c1-14(2)9-7(11(15)18-3)6-21-10(13(17)20-5)8(9)12(16)19-4/h7,9H,6H2,1-5H3/t7-,9-/m1/s1. The highest BCUT2D eigenvalue weighted by molar-refractivity contribution is 8.04. The van der Waals surface area contributed by atoms with Crippen molar-refractivity contribution in [2.75, 3.05) is 41.2 Å². The molecule has 0 saturated carbocycles. The van der Waals surface area contributed by atoms with Crippen LogP contribution in [-0.2, 0) is 28.6 Å². The van der Waals surface area contributed by atoms with Gasteiger partial charge in [-0.2, -0.15) is 0 Å². The molecule has 7 nitrogen and oxygen atoms in total. The Morgan fingerprint density at radius 1 is 1.05 bits per heavy atom. The third-order valence-electron chi connectivity index (χ3n) is 3.17. The molecule has 0 fully saturated rings. The van der Waals surface area contributed by atoms with Gasteiger partial charge in [-0.05, 0) is 14.1 Å². The van der Waals surface area contributed by atoms with Crippen LogP contribution in [0.25, 0.3) is 0 Å². The molecule has 0 aliphatic carbocycles. The van der Waals surface area contributed by atoms with Crippen molar-refractivity contribution in [2.24, 2.45) is 5.92 Å². The molecule has 21 heavy (non-hydrogen) atoms. The average Bonchev–Trinajstić information content (AvgIpc) is 2.50. The van der Waals surface area contributed by atoms with E-state index in [1.807, 2.05) is 0 Å². The summed E-state index contributed by atoms with van der Waals surface area (Å²) >= 11 is 1.10. The highest BCUT2D eigenvalue weighted by atomic mass is 32.2. The Morgan fingerprint density at radius 3 is 2.05 bits per heavy atom. The van der Waals surface area contributed by atoms with E-state index in [1.54, 1.807) is 19.0 Å². The number of thioether (sulfide) groups is 1. The molecule has 1 aliphatic heterocycles. The van der Waals surface area contributed by atoms with Crippen molar-refractivity contribution in [2.45, 2.75) is 6.04 Å². The van der Waals surface area contributed by atoms with Crippen LogP contribution in [0.3, 0.4) is 0 Å². The van der Waals surface area contributed by atoms with Gasteiger partial charge < -0.3 is 19.1 Å². The second-order valence-electron chi connectivity index (χ2n) is 4.58. The molecule has 0 bridgehead atoms. The maximum atomic E-state index is 12.1. The van der Waals surface area contributed by atoms with Gasteiger partial charge in [0.1, 0.15) is 4.91 Å². The van der Waals surface area contributed by atoms with Gasteiger partial charge in [0.05, 0.1) is 38.9 Å². The fraction of sp³-hybridized carbons (Fsp3) is 0.615. The summed E-state index contributed by atoms with van der Waals surface area (Å²) in [7, 11) is 7.19. The van der Waals surface area contributed by atoms with E-state index in [0.29, 0.717) is 5.75 Å². The first-order valence-electron chi connectivity index (χ1n) is 6.16. The fourth-order valence-corrected chi connectivity index (χ4v) is 3.45. The van der Waals surface area contributed by atoms with Gasteiger partial charge in [0.15, 0.2) is 0 Å². The van der Waals surface area contributed by atoms with Crippen LogP contribution >= 0.6 is 11.8 Å². The lowest BCUT2D eigenvalue weighted by molar-refractivity contribution is -0.147. The number of hydrogen-bond acceptors (Lipinski definition) is 8. The number of carbonyl (C=O) groups excluding carboxylic acids is 3. The molecule has 0 spiro atoms. The smallest absolute Gasteiger partial charge is 0.344 e. The van der Waals surface area contributed by atoms with E-state index in [4.69, 9.17) is 14.2 Å². The maximum Gasteiger partial charge on any atom is 0.344 e. The molecule has 0 aromatic carbocycles. The molecule has 1 rings (SSSR count). The number of methoxy groups -OCH3 is 3. The molecule has 1 aliphatic rings. The third-order valence-corrected chi connectivity index (χ3v) is 4.37. The zero-order valence-electron chi connectivity index (χ0n) is 12.7. The SMILES string of the molecule is COC(=O)C1=C(C(=O)OC)[C@H](N(C)C)[C@H](C(=O)OC)CS1. The van der Waals surface area contributed by atoms with Gasteiger partial charge in [0.2, 0.25) is 0 Å². The van der Waals surface area contributed by atoms with Crippen LogP contribution in [0.15, 0.2) is 10.5 Å². The van der Waals surface area contributed by atoms with Gasteiger partial charge in [-0.15, -0.1) is 11.8 Å². The van der Waals surface area contributed by atoms with E-state index in [9.17, 15) is 14.4 Å². The zero-order valence-corrected chi connectivity index (χ0v) is 13.5. The van der Waals surface area contributed by atoms with E-state index < -0.39 is 29.9 Å². The molecule has 0 aromatic heterocycles. The summed E-state index contributed by atoms with van der Waals surface area (Å²) in [5.74, 6) is -1.96. The van der Waals surface area contributed by atoms with Crippen LogP contribution in [0, 0.1) is 5.92 Å². The Kier molecular flexibility index (Phi) is 6.22. The summed E-state index contributed by atoms with van der Waals surface area (Å²) in [6, 6.07) is -0.611. The highest BCUT2D eigenvalue weighted by Crippen LogP contribution is 2.37. The van der Waals surface area contributed by atoms with Crippen molar-refractivity contribution >= 4 is 29.7 Å². The molecule has 2 atom stereocenters. The Bertz CT molecular complexity index is 473. The number of ether oxygens (including phenoxy) is 3. The minimum absolute atomic E-state index is 0.126. The van der Waals surface area contributed by atoms with Gasteiger partial charge in [-0.1, -0.05) is 0 Å². The number of rotatable bonds is 4. The van der Waals surface area contributed by atoms with Gasteiger partial charge in [-0.3, -0.25) is 4.79 Å². The number of carbonyl (C=O) groups is 3. The first-order valence-corrected chi connectivity index (χ1v) is 7.15. The molecule has 0 N–H and O–H groups in total. The Labute approximate surface area is 127 Å². The minimum Gasteiger partial charge on any atom is -0.469 e. The highest BCUT2D eigenvalue weighted by Gasteiger charge is 2.44. The summed E-state index contributed by atoms with van der Waals surface area (Å²) < 4.78 is 14.2. The fourth-order valence-electron chi connectivity index (χ4n) is 2.23. The predicted octanol–water partition coefficient (Wildman–Crippen LogP) is 0.0527. The zero-order chi connectivity index (χ0) is 16.2. The van der Waals surface area contributed by atoms with Crippen LogP contribution in [0.1, 0.15) is 0 Å². The predicted molar refractivity (Wildman–Crippen MR) is 76.5 cm³/mol. The van der Waals surface area contributed by atoms with Crippen LogP contribution in [0.2, 0.25) is 0 Å². The Morgan fingerprint density at radius 2 is 1.62 bits per heavy atom. The maximum absolute atomic E-state index is 12.1. The van der Waals surface area contributed by atoms with Crippen LogP contribution in [0.4, 0.5) is 0 Å². The van der Waals surface area contributed by atoms with Crippen molar-refractivity contribution in [1.82, 2.24) is 4.90 Å². The topological polar surface area (TPSA) is 82.1 Å². The Hall–Kier alpha value is -1.54. The monoisotopic (exact) mass is 317 g/mol. The van der Waals surface area contributed by atoms with E-state index in [1.165, 1.54) is 21.3 Å². The van der Waals surface area contributed by atoms with Crippen molar-refractivity contribution in [1.29, 1.82) is 0 Å². The minimum atomic E-state index is -0.657. The van der Waals surface area contributed by atoms with E-state index in [2.05, 4.69) is 0 Å². The van der Waals surface area contributed by atoms with Gasteiger partial charge in [-0.25, -0.2) is 9.59 Å². The largest absolute Gasteiger partial charge is 0.469 e. The van der Waals surface area contributed by atoms with E-state index in [0.717, 1.165) is 11.8 Å². The molecule has 0 aromatic rings. The third kappa shape index (κ3) is 3.56. The summed E-state index contributed by atoms with van der Waals surface area (Å²) in [6.07, 6.45) is 0. The van der Waals surface area contributed by atoms with Crippen LogP contribution in [-0.4, -0.2) is 70.0 Å². The number of likely N-dealkylation sites (N-methyl/N-ethyl adjacent to an activating group) is 1. The second-order valence-corrected chi connectivity index (χ2v) is 5.61. The molecule has 0 saturated heterocycles. The first-order chi connectivity index (χ1) is 9.88. The lowest BCUT2D eigenvalue weighted by Crippen LogP contribution is -2.47. The molecular formula is C13H19NO6S. The van der Waals surface area contributed by atoms with Crippen molar-refractivity contribution in [3.05, 3.63) is 10.5 Å². The number of esters is 3. The molecule has 8 heteroatoms. The average molecular weight is 317 g/mol. The van der Waals surface area contributed by atoms with Crippen molar-refractivity contribution in [3.8, 4) is 0 Å². The lowest BCUT2D eigenvalue weighted by atomic mass is 9.92. The van der Waals surface area contributed by atoms with E-state index in [-0.39, 0.29) is 10.5 Å². The molecule has 118 valence electrons. The van der Waals surface area contributed by atoms with Gasteiger partial charge in [0, 0.05) is 5.75 Å². The number of hydrogen-bond donors (Lipinski definition) is 0. The summed E-state index contributed by atoms with van der Waals surface area (Å²) in [5.41, 5.74) is 0.126. The van der Waals surface area contributed by atoms with Crippen LogP contribution in [0.5, 0.6) is 0 Å². The van der Waals surface area contributed by atoms with Crippen molar-refractivity contribution in [3.63, 3.8) is 0 Å². The summed E-state index contributed by atoms with van der Waals surface area (Å²) in [5, 5.41) is 0. The first kappa shape index (κ1) is 17.5. The lowest BCUT2D eigenvalue weighted by Gasteiger charge is -2.35. The molecular weight excluding hydrogens is 298 g/mol. The molecule has 0 radical (unpaired) electrons. The van der Waals surface area contributed by atoms with Gasteiger partial charge >= 0.3 is 17.9 Å². The normalized spacial score (nSPS) is 22.0. The van der Waals surface area contributed by atoms with Crippen molar-refractivity contribution < 1.29 is 28.6 Å². The Balaban J connectivity index is 3.40. The quantitative estimate of drug-likeness (QED) is 0.531. The van der Waals surface area contributed by atoms with Gasteiger partial charge in [0.25, 0.3) is 0 Å².